The lowest BCUT2D eigenvalue weighted by Gasteiger charge is -2.21. The van der Waals surface area contributed by atoms with Gasteiger partial charge in [0.05, 0.1) is 30.2 Å². The molecule has 0 radical (unpaired) electrons. The fourth-order valence-corrected chi connectivity index (χ4v) is 6.88. The van der Waals surface area contributed by atoms with Crippen LogP contribution in [-0.2, 0) is 4.74 Å². The van der Waals surface area contributed by atoms with E-state index in [2.05, 4.69) is 27.5 Å². The lowest BCUT2D eigenvalue weighted by molar-refractivity contribution is 0.0725. The second-order valence-corrected chi connectivity index (χ2v) is 11.7. The van der Waals surface area contributed by atoms with E-state index in [1.54, 1.807) is 6.20 Å². The third kappa shape index (κ3) is 4.39. The first-order valence-corrected chi connectivity index (χ1v) is 13.8. The van der Waals surface area contributed by atoms with Crippen LogP contribution in [0.3, 0.4) is 0 Å². The summed E-state index contributed by atoms with van der Waals surface area (Å²) in [5, 5.41) is 16.6. The van der Waals surface area contributed by atoms with Gasteiger partial charge in [-0.1, -0.05) is 0 Å². The fraction of sp³-hybridized carbons (Fsp3) is 0.615. The molecule has 0 aromatic carbocycles. The summed E-state index contributed by atoms with van der Waals surface area (Å²) >= 11 is 1.21. The zero-order valence-electron chi connectivity index (χ0n) is 20.7. The first kappa shape index (κ1) is 23.8. The maximum atomic E-state index is 13.8. The first-order valence-electron chi connectivity index (χ1n) is 13.0. The van der Waals surface area contributed by atoms with Crippen LogP contribution in [0.25, 0.3) is 10.4 Å². The van der Waals surface area contributed by atoms with Gasteiger partial charge in [-0.25, -0.2) is 9.97 Å². The largest absolute Gasteiger partial charge is 0.388 e. The molecular weight excluding hydrogens is 478 g/mol. The van der Waals surface area contributed by atoms with Crippen LogP contribution in [-0.4, -0.2) is 75.3 Å². The molecule has 4 aliphatic rings. The zero-order valence-corrected chi connectivity index (χ0v) is 21.5. The highest BCUT2D eigenvalue weighted by Crippen LogP contribution is 2.41. The van der Waals surface area contributed by atoms with Crippen molar-refractivity contribution in [1.82, 2.24) is 20.2 Å². The predicted octanol–water partition coefficient (Wildman–Crippen LogP) is 2.98. The van der Waals surface area contributed by atoms with Crippen molar-refractivity contribution in [2.75, 3.05) is 18.5 Å². The average molecular weight is 512 g/mol. The van der Waals surface area contributed by atoms with Crippen LogP contribution in [0, 0.1) is 12.8 Å². The van der Waals surface area contributed by atoms with Gasteiger partial charge in [-0.2, -0.15) is 0 Å². The number of pyridine rings is 1. The van der Waals surface area contributed by atoms with Gasteiger partial charge in [-0.05, 0) is 69.9 Å². The highest BCUT2D eigenvalue weighted by Gasteiger charge is 2.44. The predicted molar refractivity (Wildman–Crippen MR) is 136 cm³/mol. The molecule has 4 fully saturated rings. The van der Waals surface area contributed by atoms with Gasteiger partial charge in [-0.15, -0.1) is 11.3 Å². The number of aryl methyl sites for hydroxylation is 1. The summed E-state index contributed by atoms with van der Waals surface area (Å²) in [5.74, 6) is 1.02. The molecule has 3 atom stereocenters. The molecule has 6 rings (SSSR count). The van der Waals surface area contributed by atoms with Crippen molar-refractivity contribution in [1.29, 1.82) is 0 Å². The van der Waals surface area contributed by atoms with Crippen LogP contribution >= 0.6 is 11.3 Å². The van der Waals surface area contributed by atoms with E-state index in [0.717, 1.165) is 42.6 Å². The summed E-state index contributed by atoms with van der Waals surface area (Å²) in [6.45, 7) is 4.64. The second kappa shape index (κ2) is 9.39. The monoisotopic (exact) mass is 511 g/mol. The molecule has 36 heavy (non-hydrogen) atoms. The maximum Gasteiger partial charge on any atom is 0.280 e. The number of aromatic nitrogens is 2. The van der Waals surface area contributed by atoms with Gasteiger partial charge < -0.3 is 25.4 Å². The highest BCUT2D eigenvalue weighted by atomic mass is 32.1. The summed E-state index contributed by atoms with van der Waals surface area (Å²) in [6, 6.07) is 2.41. The molecule has 10 heteroatoms. The molecule has 1 saturated carbocycles. The van der Waals surface area contributed by atoms with Gasteiger partial charge in [0.1, 0.15) is 11.5 Å². The van der Waals surface area contributed by atoms with E-state index >= 15 is 0 Å². The molecule has 0 spiro atoms. The number of aliphatic hydroxyl groups is 1. The van der Waals surface area contributed by atoms with Crippen LogP contribution in [0.1, 0.15) is 71.3 Å². The van der Waals surface area contributed by atoms with Crippen molar-refractivity contribution < 1.29 is 19.4 Å². The smallest absolute Gasteiger partial charge is 0.280 e. The van der Waals surface area contributed by atoms with Crippen LogP contribution in [0.2, 0.25) is 0 Å². The lowest BCUT2D eigenvalue weighted by atomic mass is 10.0. The number of carbonyl (C=O) groups excluding carboxylic acids is 2. The Morgan fingerprint density at radius 3 is 2.50 bits per heavy atom. The Bertz CT molecular complexity index is 1160. The summed E-state index contributed by atoms with van der Waals surface area (Å²) in [7, 11) is 0. The third-order valence-electron chi connectivity index (χ3n) is 8.14. The van der Waals surface area contributed by atoms with E-state index in [1.165, 1.54) is 24.2 Å². The van der Waals surface area contributed by atoms with Crippen LogP contribution < -0.4 is 10.6 Å². The minimum atomic E-state index is -0.751. The van der Waals surface area contributed by atoms with Gasteiger partial charge in [-0.3, -0.25) is 9.59 Å². The van der Waals surface area contributed by atoms with E-state index in [9.17, 15) is 14.7 Å². The number of ether oxygens (including phenoxy) is 1. The average Bonchev–Trinajstić information content (AvgIpc) is 3.16. The van der Waals surface area contributed by atoms with Gasteiger partial charge >= 0.3 is 0 Å². The number of hydrogen-bond donors (Lipinski definition) is 3. The van der Waals surface area contributed by atoms with Crippen LogP contribution in [0.5, 0.6) is 0 Å². The van der Waals surface area contributed by atoms with Gasteiger partial charge in [0, 0.05) is 29.9 Å². The van der Waals surface area contributed by atoms with E-state index in [-0.39, 0.29) is 36.2 Å². The van der Waals surface area contributed by atoms with E-state index < -0.39 is 18.1 Å². The van der Waals surface area contributed by atoms with Crippen LogP contribution in [0.4, 0.5) is 5.82 Å². The van der Waals surface area contributed by atoms with Crippen LogP contribution in [0.15, 0.2) is 12.3 Å². The van der Waals surface area contributed by atoms with Crippen molar-refractivity contribution >= 4 is 29.0 Å². The molecule has 2 aromatic heterocycles. The molecule has 9 nitrogen and oxygen atoms in total. The maximum absolute atomic E-state index is 13.8. The molecule has 2 bridgehead atoms. The topological polar surface area (TPSA) is 117 Å². The van der Waals surface area contributed by atoms with Crippen molar-refractivity contribution in [2.45, 2.75) is 82.6 Å². The highest BCUT2D eigenvalue weighted by molar-refractivity contribution is 7.17. The molecule has 2 amide bonds. The third-order valence-corrected chi connectivity index (χ3v) is 9.23. The summed E-state index contributed by atoms with van der Waals surface area (Å²) in [4.78, 5) is 38.8. The van der Waals surface area contributed by atoms with E-state index in [1.807, 2.05) is 17.9 Å². The normalized spacial score (nSPS) is 27.9. The Labute approximate surface area is 214 Å². The Hall–Kier alpha value is -2.56. The quantitative estimate of drug-likeness (QED) is 0.523. The number of aliphatic hydroxyl groups excluding tert-OH is 1. The standard InChI is InChI=1S/C26H33N5O4S/c1-13-9-21(28-14(2)15-3-4-15)27-10-18(13)23-22(26(34)31-16-5-6-17(31)8-7-16)30-25(36-23)24(33)29-19-11-35-12-20(19)32/h9-10,14-17,19-20,32H,3-8,11-12H2,1-2H3,(H,27,28)(H,29,33)/t14-,16?,17?,19+,20+/m1/s1. The molecule has 2 aromatic rings. The minimum Gasteiger partial charge on any atom is -0.388 e. The number of nitrogens with zero attached hydrogens (tertiary/aromatic N) is 3. The van der Waals surface area contributed by atoms with Gasteiger partial charge in [0.15, 0.2) is 5.01 Å². The van der Waals surface area contributed by atoms with Crippen molar-refractivity contribution in [3.8, 4) is 10.4 Å². The Morgan fingerprint density at radius 1 is 1.17 bits per heavy atom. The number of amides is 2. The Morgan fingerprint density at radius 2 is 1.89 bits per heavy atom. The Kier molecular flexibility index (Phi) is 6.21. The van der Waals surface area contributed by atoms with Gasteiger partial charge in [0.2, 0.25) is 0 Å². The summed E-state index contributed by atoms with van der Waals surface area (Å²) < 4.78 is 5.26. The second-order valence-electron chi connectivity index (χ2n) is 10.7. The molecule has 3 aliphatic heterocycles. The molecule has 0 unspecified atom stereocenters. The molecule has 3 N–H and O–H groups in total. The minimum absolute atomic E-state index is 0.0986. The lowest BCUT2D eigenvalue weighted by Crippen LogP contribution is -2.42. The van der Waals surface area contributed by atoms with E-state index in [4.69, 9.17) is 4.74 Å². The number of fused-ring (bicyclic) bond motifs is 2. The first-order chi connectivity index (χ1) is 17.4. The number of thiazole rings is 1. The number of hydrogen-bond acceptors (Lipinski definition) is 8. The van der Waals surface area contributed by atoms with Crippen molar-refractivity contribution in [3.63, 3.8) is 0 Å². The SMILES string of the molecule is Cc1cc(N[C@H](C)C2CC2)ncc1-c1sc(C(=O)N[C@H]2COC[C@@H]2O)nc1C(=O)N1C2CCC1CC2. The molecule has 1 aliphatic carbocycles. The van der Waals surface area contributed by atoms with Crippen molar-refractivity contribution in [2.24, 2.45) is 5.92 Å². The van der Waals surface area contributed by atoms with Crippen molar-refractivity contribution in [3.05, 3.63) is 28.5 Å². The van der Waals surface area contributed by atoms with E-state index in [0.29, 0.717) is 22.5 Å². The number of anilines is 1. The number of rotatable bonds is 7. The molecule has 3 saturated heterocycles. The molecule has 5 heterocycles. The molecular formula is C26H33N5O4S. The van der Waals surface area contributed by atoms with Gasteiger partial charge in [0.25, 0.3) is 11.8 Å². The Balaban J connectivity index is 1.32. The number of carbonyl (C=O) groups is 2. The molecule has 192 valence electrons. The summed E-state index contributed by atoms with van der Waals surface area (Å²) in [6.07, 6.45) is 7.67. The fourth-order valence-electron chi connectivity index (χ4n) is 5.84. The summed E-state index contributed by atoms with van der Waals surface area (Å²) in [5.41, 5.74) is 2.11. The number of nitrogens with one attached hydrogen (secondary N) is 2. The zero-order chi connectivity index (χ0) is 25.0.